The number of anilines is 1. The van der Waals surface area contributed by atoms with Crippen molar-refractivity contribution in [1.82, 2.24) is 4.90 Å². The molecule has 3 heterocycles. The van der Waals surface area contributed by atoms with Gasteiger partial charge < -0.3 is 24.0 Å². The summed E-state index contributed by atoms with van der Waals surface area (Å²) in [5.74, 6) is 1.25. The molecule has 0 aliphatic carbocycles. The van der Waals surface area contributed by atoms with Gasteiger partial charge in [0.05, 0.1) is 23.8 Å². The molecule has 0 spiro atoms. The molecule has 2 aromatic carbocycles. The number of likely N-dealkylation sites (tertiary alicyclic amines) is 1. The zero-order valence-electron chi connectivity index (χ0n) is 17.7. The second-order valence-corrected chi connectivity index (χ2v) is 8.30. The number of nitro groups is 1. The maximum absolute atomic E-state index is 13.2. The Balaban J connectivity index is 1.46. The van der Waals surface area contributed by atoms with Crippen molar-refractivity contribution in [1.29, 1.82) is 0 Å². The van der Waals surface area contributed by atoms with Gasteiger partial charge in [-0.3, -0.25) is 14.9 Å². The number of ether oxygens (including phenoxy) is 3. The van der Waals surface area contributed by atoms with E-state index in [1.54, 1.807) is 6.07 Å². The summed E-state index contributed by atoms with van der Waals surface area (Å²) >= 11 is 0. The number of carbonyl (C=O) groups is 1. The van der Waals surface area contributed by atoms with E-state index in [-0.39, 0.29) is 25.0 Å². The van der Waals surface area contributed by atoms with Crippen molar-refractivity contribution in [3.8, 4) is 11.5 Å². The van der Waals surface area contributed by atoms with Crippen LogP contribution in [0.25, 0.3) is 0 Å². The minimum atomic E-state index is -0.623. The molecular weight excluding hydrogens is 414 g/mol. The fraction of sp³-hybridized carbons (Fsp3) is 0.435. The lowest BCUT2D eigenvalue weighted by atomic mass is 10.0. The Kier molecular flexibility index (Phi) is 5.57. The summed E-state index contributed by atoms with van der Waals surface area (Å²) in [5.41, 5.74) is 2.19. The van der Waals surface area contributed by atoms with Crippen molar-refractivity contribution in [2.24, 2.45) is 0 Å². The summed E-state index contributed by atoms with van der Waals surface area (Å²) in [5, 5.41) is 11.5. The van der Waals surface area contributed by atoms with E-state index in [1.165, 1.54) is 6.07 Å². The molecule has 0 saturated carbocycles. The monoisotopic (exact) mass is 439 g/mol. The molecule has 1 saturated heterocycles. The number of carbonyl (C=O) groups excluding carboxylic acids is 1. The normalized spacial score (nSPS) is 19.9. The predicted octanol–water partition coefficient (Wildman–Crippen LogP) is 3.24. The number of benzene rings is 2. The van der Waals surface area contributed by atoms with Crippen LogP contribution in [-0.2, 0) is 22.7 Å². The summed E-state index contributed by atoms with van der Waals surface area (Å²) < 4.78 is 17.1. The summed E-state index contributed by atoms with van der Waals surface area (Å²) in [7, 11) is 0. The zero-order chi connectivity index (χ0) is 22.1. The highest BCUT2D eigenvalue weighted by atomic mass is 16.7. The maximum Gasteiger partial charge on any atom is 0.270 e. The van der Waals surface area contributed by atoms with Crippen molar-refractivity contribution in [3.63, 3.8) is 0 Å². The van der Waals surface area contributed by atoms with Gasteiger partial charge in [-0.1, -0.05) is 12.1 Å². The number of hydrogen-bond donors (Lipinski definition) is 0. The number of non-ortho nitro benzene ring substituents is 1. The van der Waals surface area contributed by atoms with E-state index in [1.807, 2.05) is 34.1 Å². The van der Waals surface area contributed by atoms with Gasteiger partial charge in [-0.2, -0.15) is 0 Å². The van der Waals surface area contributed by atoms with E-state index in [2.05, 4.69) is 0 Å². The minimum Gasteiger partial charge on any atom is -0.477 e. The van der Waals surface area contributed by atoms with Crippen molar-refractivity contribution >= 4 is 17.3 Å². The second-order valence-electron chi connectivity index (χ2n) is 8.30. The number of hydrogen-bond acceptors (Lipinski definition) is 7. The van der Waals surface area contributed by atoms with E-state index in [9.17, 15) is 14.9 Å². The van der Waals surface area contributed by atoms with Crippen molar-refractivity contribution < 1.29 is 23.9 Å². The van der Waals surface area contributed by atoms with Crippen LogP contribution >= 0.6 is 0 Å². The molecule has 1 amide bonds. The second kappa shape index (κ2) is 8.66. The highest BCUT2D eigenvalue weighted by molar-refractivity contribution is 5.83. The molecule has 0 aromatic heterocycles. The van der Waals surface area contributed by atoms with E-state index in [0.29, 0.717) is 35.7 Å². The number of nitrogens with zero attached hydrogens (tertiary/aromatic N) is 3. The average molecular weight is 439 g/mol. The molecule has 168 valence electrons. The third-order valence-corrected chi connectivity index (χ3v) is 6.15. The van der Waals surface area contributed by atoms with E-state index in [4.69, 9.17) is 14.2 Å². The number of nitro benzene ring substituents is 1. The first-order valence-electron chi connectivity index (χ1n) is 10.9. The Morgan fingerprint density at radius 3 is 2.78 bits per heavy atom. The van der Waals surface area contributed by atoms with Gasteiger partial charge in [0.1, 0.15) is 11.5 Å². The lowest BCUT2D eigenvalue weighted by molar-refractivity contribution is -0.385. The van der Waals surface area contributed by atoms with Gasteiger partial charge in [-0.15, -0.1) is 0 Å². The lowest BCUT2D eigenvalue weighted by Crippen LogP contribution is -2.51. The fourth-order valence-electron chi connectivity index (χ4n) is 4.61. The summed E-state index contributed by atoms with van der Waals surface area (Å²) in [4.78, 5) is 28.2. The van der Waals surface area contributed by atoms with Crippen LogP contribution in [0.15, 0.2) is 36.4 Å². The van der Waals surface area contributed by atoms with Crippen LogP contribution in [0.4, 0.5) is 11.4 Å². The van der Waals surface area contributed by atoms with Gasteiger partial charge >= 0.3 is 0 Å². The van der Waals surface area contributed by atoms with Crippen molar-refractivity contribution in [2.75, 3.05) is 31.3 Å². The van der Waals surface area contributed by atoms with Crippen LogP contribution < -0.4 is 14.4 Å². The van der Waals surface area contributed by atoms with Gasteiger partial charge in [0, 0.05) is 42.9 Å². The lowest BCUT2D eigenvalue weighted by Gasteiger charge is -2.38. The highest BCUT2D eigenvalue weighted by Gasteiger charge is 2.34. The molecule has 0 bridgehead atoms. The van der Waals surface area contributed by atoms with Crippen LogP contribution in [-0.4, -0.2) is 48.3 Å². The first-order chi connectivity index (χ1) is 15.6. The standard InChI is InChI=1S/C23H25N3O6/c27-23(24-8-4-1-5-9-24)21-13-25(19-6-2-3-7-20(19)32-21)12-16-10-18(26(28)29)11-17-14-30-15-31-22(16)17/h2-3,6-7,10-11,21H,1,4-5,8-9,12-15H2. The molecule has 32 heavy (non-hydrogen) atoms. The van der Waals surface area contributed by atoms with Crippen LogP contribution in [0.5, 0.6) is 11.5 Å². The molecule has 2 aromatic rings. The highest BCUT2D eigenvalue weighted by Crippen LogP contribution is 2.38. The van der Waals surface area contributed by atoms with E-state index < -0.39 is 11.0 Å². The Bertz CT molecular complexity index is 1040. The summed E-state index contributed by atoms with van der Waals surface area (Å²) in [6, 6.07) is 10.6. The molecule has 9 heteroatoms. The van der Waals surface area contributed by atoms with Gasteiger partial charge in [-0.05, 0) is 31.4 Å². The first kappa shape index (κ1) is 20.6. The molecule has 1 fully saturated rings. The van der Waals surface area contributed by atoms with Crippen LogP contribution in [0.1, 0.15) is 30.4 Å². The Morgan fingerprint density at radius 1 is 1.16 bits per heavy atom. The van der Waals surface area contributed by atoms with Gasteiger partial charge in [0.15, 0.2) is 12.9 Å². The summed E-state index contributed by atoms with van der Waals surface area (Å²) in [6.45, 7) is 2.60. The van der Waals surface area contributed by atoms with Gasteiger partial charge in [0.25, 0.3) is 11.6 Å². The Hall–Kier alpha value is -3.33. The Morgan fingerprint density at radius 2 is 1.97 bits per heavy atom. The summed E-state index contributed by atoms with van der Waals surface area (Å²) in [6.07, 6.45) is 2.55. The quantitative estimate of drug-likeness (QED) is 0.533. The topological polar surface area (TPSA) is 94.4 Å². The fourth-order valence-corrected chi connectivity index (χ4v) is 4.61. The predicted molar refractivity (Wildman–Crippen MR) is 116 cm³/mol. The van der Waals surface area contributed by atoms with Crippen LogP contribution in [0.2, 0.25) is 0 Å². The smallest absolute Gasteiger partial charge is 0.270 e. The molecule has 0 radical (unpaired) electrons. The molecule has 9 nitrogen and oxygen atoms in total. The Labute approximate surface area is 185 Å². The molecule has 5 rings (SSSR count). The molecule has 3 aliphatic heterocycles. The molecule has 1 atom stereocenters. The molecular formula is C23H25N3O6. The van der Waals surface area contributed by atoms with Crippen molar-refractivity contribution in [3.05, 3.63) is 57.6 Å². The average Bonchev–Trinajstić information content (AvgIpc) is 2.84. The largest absolute Gasteiger partial charge is 0.477 e. The zero-order valence-corrected chi connectivity index (χ0v) is 17.7. The number of para-hydroxylation sites is 2. The SMILES string of the molecule is O=C(C1CN(Cc2cc([N+](=O)[O-])cc3c2OCOC3)c2ccccc2O1)N1CCCCC1. The molecule has 1 unspecified atom stereocenters. The third-order valence-electron chi connectivity index (χ3n) is 6.15. The van der Waals surface area contributed by atoms with E-state index >= 15 is 0 Å². The van der Waals surface area contributed by atoms with E-state index in [0.717, 1.165) is 38.0 Å². The molecule has 0 N–H and O–H groups in total. The van der Waals surface area contributed by atoms with Gasteiger partial charge in [-0.25, -0.2) is 0 Å². The van der Waals surface area contributed by atoms with Gasteiger partial charge in [0.2, 0.25) is 0 Å². The number of amides is 1. The third kappa shape index (κ3) is 3.95. The molecule has 3 aliphatic rings. The number of rotatable bonds is 4. The maximum atomic E-state index is 13.2. The van der Waals surface area contributed by atoms with Crippen LogP contribution in [0.3, 0.4) is 0 Å². The minimum absolute atomic E-state index is 0.00432. The number of piperidine rings is 1. The van der Waals surface area contributed by atoms with Crippen LogP contribution in [0, 0.1) is 10.1 Å². The first-order valence-corrected chi connectivity index (χ1v) is 10.9. The number of fused-ring (bicyclic) bond motifs is 2. The van der Waals surface area contributed by atoms with Crippen molar-refractivity contribution in [2.45, 2.75) is 38.5 Å².